The van der Waals surface area contributed by atoms with Crippen molar-refractivity contribution in [2.75, 3.05) is 18.0 Å². The highest BCUT2D eigenvalue weighted by Gasteiger charge is 2.36. The van der Waals surface area contributed by atoms with Gasteiger partial charge >= 0.3 is 0 Å². The number of rotatable bonds is 2. The number of piperazine rings is 1. The summed E-state index contributed by atoms with van der Waals surface area (Å²) in [6.45, 7) is 4.43. The van der Waals surface area contributed by atoms with Crippen LogP contribution in [0.25, 0.3) is 0 Å². The molecule has 0 radical (unpaired) electrons. The van der Waals surface area contributed by atoms with E-state index in [1.54, 1.807) is 36.1 Å². The van der Waals surface area contributed by atoms with Gasteiger partial charge in [-0.2, -0.15) is 0 Å². The topological polar surface area (TPSA) is 40.6 Å². The van der Waals surface area contributed by atoms with E-state index in [9.17, 15) is 9.59 Å². The minimum atomic E-state index is -0.610. The molecule has 1 heterocycles. The van der Waals surface area contributed by atoms with Crippen molar-refractivity contribution in [1.29, 1.82) is 0 Å². The molecule has 0 unspecified atom stereocenters. The molecular weight excluding hydrogens is 395 g/mol. The Morgan fingerprint density at radius 2 is 1.69 bits per heavy atom. The van der Waals surface area contributed by atoms with Gasteiger partial charge in [-0.3, -0.25) is 9.59 Å². The number of halogens is 3. The second-order valence-corrected chi connectivity index (χ2v) is 7.50. The molecule has 2 aromatic rings. The summed E-state index contributed by atoms with van der Waals surface area (Å²) in [4.78, 5) is 29.0. The highest BCUT2D eigenvalue weighted by atomic mass is 35.5. The number of aryl methyl sites for hydroxylation is 1. The van der Waals surface area contributed by atoms with Gasteiger partial charge in [-0.05, 0) is 49.7 Å². The summed E-state index contributed by atoms with van der Waals surface area (Å²) in [7, 11) is 0. The highest BCUT2D eigenvalue weighted by molar-refractivity contribution is 6.36. The van der Waals surface area contributed by atoms with Crippen LogP contribution in [0.5, 0.6) is 0 Å². The minimum absolute atomic E-state index is 0.153. The fourth-order valence-electron chi connectivity index (χ4n) is 3.08. The Labute approximate surface area is 167 Å². The van der Waals surface area contributed by atoms with Gasteiger partial charge in [-0.1, -0.05) is 40.9 Å². The Bertz CT molecular complexity index is 885. The van der Waals surface area contributed by atoms with E-state index in [2.05, 4.69) is 0 Å². The molecule has 4 nitrogen and oxygen atoms in total. The summed E-state index contributed by atoms with van der Waals surface area (Å²) < 4.78 is 0. The summed E-state index contributed by atoms with van der Waals surface area (Å²) >= 11 is 18.1. The molecule has 2 aromatic carbocycles. The van der Waals surface area contributed by atoms with Crippen molar-refractivity contribution in [1.82, 2.24) is 4.90 Å². The summed E-state index contributed by atoms with van der Waals surface area (Å²) in [6, 6.07) is 9.54. The molecule has 0 bridgehead atoms. The molecule has 0 aromatic heterocycles. The van der Waals surface area contributed by atoms with Crippen molar-refractivity contribution in [3.8, 4) is 0 Å². The molecule has 0 spiro atoms. The first kappa shape index (κ1) is 19.0. The van der Waals surface area contributed by atoms with Crippen LogP contribution in [0.15, 0.2) is 36.4 Å². The summed E-state index contributed by atoms with van der Waals surface area (Å²) in [5, 5.41) is 1.30. The zero-order valence-electron chi connectivity index (χ0n) is 14.3. The van der Waals surface area contributed by atoms with Crippen LogP contribution >= 0.6 is 34.8 Å². The van der Waals surface area contributed by atoms with E-state index < -0.39 is 6.04 Å². The van der Waals surface area contributed by atoms with Crippen molar-refractivity contribution < 1.29 is 9.59 Å². The van der Waals surface area contributed by atoms with Gasteiger partial charge in [-0.15, -0.1) is 0 Å². The first-order valence-corrected chi connectivity index (χ1v) is 9.26. The number of hydrogen-bond donors (Lipinski definition) is 0. The van der Waals surface area contributed by atoms with E-state index in [1.165, 1.54) is 11.0 Å². The van der Waals surface area contributed by atoms with Crippen molar-refractivity contribution >= 4 is 52.3 Å². The number of benzene rings is 2. The molecule has 1 atom stereocenters. The molecular formula is C19H17Cl3N2O2. The second-order valence-electron chi connectivity index (χ2n) is 6.22. The molecule has 0 aliphatic carbocycles. The fraction of sp³-hybridized carbons (Fsp3) is 0.263. The zero-order chi connectivity index (χ0) is 19.0. The van der Waals surface area contributed by atoms with Gasteiger partial charge in [0.1, 0.15) is 6.04 Å². The predicted octanol–water partition coefficient (Wildman–Crippen LogP) is 4.83. The second kappa shape index (κ2) is 7.47. The molecule has 1 fully saturated rings. The molecule has 2 amide bonds. The van der Waals surface area contributed by atoms with E-state index in [0.717, 1.165) is 11.3 Å². The van der Waals surface area contributed by atoms with Crippen LogP contribution in [0.2, 0.25) is 15.1 Å². The van der Waals surface area contributed by atoms with Crippen LogP contribution < -0.4 is 4.90 Å². The smallest absolute Gasteiger partial charge is 0.256 e. The van der Waals surface area contributed by atoms with Crippen molar-refractivity contribution in [2.24, 2.45) is 0 Å². The minimum Gasteiger partial charge on any atom is -0.325 e. The normalized spacial score (nSPS) is 17.6. The lowest BCUT2D eigenvalue weighted by atomic mass is 10.1. The monoisotopic (exact) mass is 410 g/mol. The Balaban J connectivity index is 1.86. The SMILES string of the molecule is Cc1ccc(Cl)cc1N1CCN(C(=O)c2ccc(Cl)cc2Cl)[C@@H](C)C1=O. The van der Waals surface area contributed by atoms with E-state index >= 15 is 0 Å². The largest absolute Gasteiger partial charge is 0.325 e. The van der Waals surface area contributed by atoms with Gasteiger partial charge in [0.25, 0.3) is 5.91 Å². The average Bonchev–Trinajstić information content (AvgIpc) is 2.59. The van der Waals surface area contributed by atoms with Gasteiger partial charge < -0.3 is 9.80 Å². The Morgan fingerprint density at radius 3 is 2.38 bits per heavy atom. The van der Waals surface area contributed by atoms with E-state index in [0.29, 0.717) is 28.7 Å². The number of anilines is 1. The van der Waals surface area contributed by atoms with E-state index in [4.69, 9.17) is 34.8 Å². The van der Waals surface area contributed by atoms with Crippen molar-refractivity contribution in [2.45, 2.75) is 19.9 Å². The van der Waals surface area contributed by atoms with Crippen LogP contribution in [-0.4, -0.2) is 35.8 Å². The van der Waals surface area contributed by atoms with Crippen LogP contribution in [0, 0.1) is 6.92 Å². The third-order valence-electron chi connectivity index (χ3n) is 4.54. The lowest BCUT2D eigenvalue weighted by molar-refractivity contribution is -0.124. The average molecular weight is 412 g/mol. The maximum atomic E-state index is 12.9. The third-order valence-corrected chi connectivity index (χ3v) is 5.32. The predicted molar refractivity (Wildman–Crippen MR) is 106 cm³/mol. The first-order valence-electron chi connectivity index (χ1n) is 8.13. The molecule has 0 N–H and O–H groups in total. The van der Waals surface area contributed by atoms with Crippen LogP contribution in [0.4, 0.5) is 5.69 Å². The number of nitrogens with zero attached hydrogens (tertiary/aromatic N) is 2. The standard InChI is InChI=1S/C19H17Cl3N2O2/c1-11-3-4-14(21)10-17(11)24-8-7-23(12(2)18(24)25)19(26)15-6-5-13(20)9-16(15)22/h3-6,9-10,12H,7-8H2,1-2H3/t12-/m0/s1. The highest BCUT2D eigenvalue weighted by Crippen LogP contribution is 2.29. The summed E-state index contributed by atoms with van der Waals surface area (Å²) in [6.07, 6.45) is 0. The molecule has 1 saturated heterocycles. The quantitative estimate of drug-likeness (QED) is 0.710. The molecule has 7 heteroatoms. The molecule has 1 aliphatic rings. The van der Waals surface area contributed by atoms with Crippen molar-refractivity contribution in [3.05, 3.63) is 62.6 Å². The van der Waals surface area contributed by atoms with E-state index in [-0.39, 0.29) is 16.8 Å². The molecule has 3 rings (SSSR count). The lowest BCUT2D eigenvalue weighted by Crippen LogP contribution is -2.58. The maximum Gasteiger partial charge on any atom is 0.256 e. The zero-order valence-corrected chi connectivity index (χ0v) is 16.6. The first-order chi connectivity index (χ1) is 12.3. The third kappa shape index (κ3) is 3.54. The van der Waals surface area contributed by atoms with Gasteiger partial charge in [0.2, 0.25) is 5.91 Å². The van der Waals surface area contributed by atoms with Crippen molar-refractivity contribution in [3.63, 3.8) is 0 Å². The Hall–Kier alpha value is -1.75. The number of amides is 2. The summed E-state index contributed by atoms with van der Waals surface area (Å²) in [5.74, 6) is -0.435. The van der Waals surface area contributed by atoms with Crippen LogP contribution in [0.3, 0.4) is 0 Å². The van der Waals surface area contributed by atoms with Crippen LogP contribution in [0.1, 0.15) is 22.8 Å². The Morgan fingerprint density at radius 1 is 1.04 bits per heavy atom. The fourth-order valence-corrected chi connectivity index (χ4v) is 3.73. The maximum absolute atomic E-state index is 12.9. The van der Waals surface area contributed by atoms with Crippen LogP contribution in [-0.2, 0) is 4.79 Å². The van der Waals surface area contributed by atoms with Gasteiger partial charge in [0, 0.05) is 28.8 Å². The summed E-state index contributed by atoms with van der Waals surface area (Å²) in [5.41, 5.74) is 2.06. The van der Waals surface area contributed by atoms with Gasteiger partial charge in [0.15, 0.2) is 0 Å². The molecule has 26 heavy (non-hydrogen) atoms. The number of carbonyl (C=O) groups is 2. The number of hydrogen-bond acceptors (Lipinski definition) is 2. The molecule has 136 valence electrons. The molecule has 1 aliphatic heterocycles. The van der Waals surface area contributed by atoms with Gasteiger partial charge in [-0.25, -0.2) is 0 Å². The van der Waals surface area contributed by atoms with E-state index in [1.807, 2.05) is 13.0 Å². The molecule has 0 saturated carbocycles. The van der Waals surface area contributed by atoms with Gasteiger partial charge in [0.05, 0.1) is 10.6 Å². The lowest BCUT2D eigenvalue weighted by Gasteiger charge is -2.39. The Kier molecular flexibility index (Phi) is 5.47. The number of carbonyl (C=O) groups excluding carboxylic acids is 2.